The Morgan fingerprint density at radius 2 is 1.68 bits per heavy atom. The first kappa shape index (κ1) is 22.1. The van der Waals surface area contributed by atoms with Crippen molar-refractivity contribution in [1.82, 2.24) is 4.90 Å². The first-order chi connectivity index (χ1) is 13.4. The highest BCUT2D eigenvalue weighted by molar-refractivity contribution is 6.32. The lowest BCUT2D eigenvalue weighted by Crippen LogP contribution is -2.27. The highest BCUT2D eigenvalue weighted by Gasteiger charge is 2.09. The summed E-state index contributed by atoms with van der Waals surface area (Å²) in [5, 5.41) is 3.50. The summed E-state index contributed by atoms with van der Waals surface area (Å²) in [6, 6.07) is 9.94. The molecular formula is C20H25Cl2N3O3. The standard InChI is InChI=1S/C20H25Cl2N3O3/c1-3-25(4-2)9-10-27-18-8-6-15(12-17(18)22)24-20(26)13-28-19-7-5-14(23)11-16(19)21/h5-8,11-12H,3-4,9-10,13,23H2,1-2H3,(H,24,26). The fourth-order valence-corrected chi connectivity index (χ4v) is 2.97. The molecule has 0 atom stereocenters. The summed E-state index contributed by atoms with van der Waals surface area (Å²) in [6.07, 6.45) is 0. The third kappa shape index (κ3) is 6.78. The summed E-state index contributed by atoms with van der Waals surface area (Å²) in [4.78, 5) is 14.3. The molecule has 0 saturated heterocycles. The summed E-state index contributed by atoms with van der Waals surface area (Å²) < 4.78 is 11.1. The third-order valence-electron chi connectivity index (χ3n) is 4.09. The SMILES string of the molecule is CCN(CC)CCOc1ccc(NC(=O)COc2ccc(N)cc2Cl)cc1Cl. The number of amides is 1. The number of carbonyl (C=O) groups excluding carboxylic acids is 1. The first-order valence-corrected chi connectivity index (χ1v) is 9.80. The molecule has 2 aromatic rings. The van der Waals surface area contributed by atoms with E-state index in [1.54, 1.807) is 36.4 Å². The normalized spacial score (nSPS) is 10.8. The molecule has 0 radical (unpaired) electrons. The van der Waals surface area contributed by atoms with Gasteiger partial charge in [0.1, 0.15) is 18.1 Å². The summed E-state index contributed by atoms with van der Waals surface area (Å²) in [6.45, 7) is 7.35. The molecule has 2 rings (SSSR count). The van der Waals surface area contributed by atoms with Gasteiger partial charge in [0, 0.05) is 17.9 Å². The zero-order valence-electron chi connectivity index (χ0n) is 16.0. The van der Waals surface area contributed by atoms with Crippen molar-refractivity contribution >= 4 is 40.5 Å². The van der Waals surface area contributed by atoms with Gasteiger partial charge in [-0.05, 0) is 49.5 Å². The van der Waals surface area contributed by atoms with E-state index in [0.717, 1.165) is 19.6 Å². The third-order valence-corrected chi connectivity index (χ3v) is 4.68. The Hall–Kier alpha value is -2.15. The smallest absolute Gasteiger partial charge is 0.262 e. The fraction of sp³-hybridized carbons (Fsp3) is 0.350. The molecule has 0 unspecified atom stereocenters. The number of carbonyl (C=O) groups is 1. The Kier molecular flexibility index (Phi) is 8.70. The van der Waals surface area contributed by atoms with Crippen molar-refractivity contribution in [2.45, 2.75) is 13.8 Å². The average Bonchev–Trinajstić information content (AvgIpc) is 2.66. The number of halogens is 2. The minimum absolute atomic E-state index is 0.191. The summed E-state index contributed by atoms with van der Waals surface area (Å²) in [5.41, 5.74) is 6.70. The number of likely N-dealkylation sites (N-methyl/N-ethyl adjacent to an activating group) is 1. The van der Waals surface area contributed by atoms with Gasteiger partial charge in [-0.3, -0.25) is 4.79 Å². The van der Waals surface area contributed by atoms with Crippen LogP contribution in [0, 0.1) is 0 Å². The molecule has 28 heavy (non-hydrogen) atoms. The molecule has 0 bridgehead atoms. The molecule has 0 fully saturated rings. The predicted octanol–water partition coefficient (Wildman–Crippen LogP) is 4.31. The Labute approximate surface area is 175 Å². The van der Waals surface area contributed by atoms with Gasteiger partial charge in [0.2, 0.25) is 0 Å². The molecule has 0 aromatic heterocycles. The van der Waals surface area contributed by atoms with Crippen LogP contribution in [0.5, 0.6) is 11.5 Å². The van der Waals surface area contributed by atoms with E-state index in [1.165, 1.54) is 0 Å². The number of nitrogens with one attached hydrogen (secondary N) is 1. The van der Waals surface area contributed by atoms with E-state index in [2.05, 4.69) is 24.1 Å². The molecule has 3 N–H and O–H groups in total. The van der Waals surface area contributed by atoms with Gasteiger partial charge in [0.05, 0.1) is 10.0 Å². The van der Waals surface area contributed by atoms with Crippen LogP contribution in [-0.2, 0) is 4.79 Å². The molecule has 0 aliphatic heterocycles. The van der Waals surface area contributed by atoms with Crippen molar-refractivity contribution in [3.8, 4) is 11.5 Å². The summed E-state index contributed by atoms with van der Waals surface area (Å²) >= 11 is 12.3. The number of nitrogen functional groups attached to an aromatic ring is 1. The van der Waals surface area contributed by atoms with Crippen LogP contribution >= 0.6 is 23.2 Å². The quantitative estimate of drug-likeness (QED) is 0.554. The van der Waals surface area contributed by atoms with E-state index in [0.29, 0.717) is 39.5 Å². The van der Waals surface area contributed by atoms with Crippen LogP contribution in [0.2, 0.25) is 10.0 Å². The molecule has 152 valence electrons. The van der Waals surface area contributed by atoms with E-state index >= 15 is 0 Å². The van der Waals surface area contributed by atoms with Crippen molar-refractivity contribution in [2.75, 3.05) is 43.9 Å². The van der Waals surface area contributed by atoms with Crippen LogP contribution in [-0.4, -0.2) is 43.7 Å². The van der Waals surface area contributed by atoms with E-state index < -0.39 is 0 Å². The van der Waals surface area contributed by atoms with Crippen molar-refractivity contribution in [3.63, 3.8) is 0 Å². The lowest BCUT2D eigenvalue weighted by molar-refractivity contribution is -0.118. The van der Waals surface area contributed by atoms with E-state index in [-0.39, 0.29) is 12.5 Å². The molecule has 0 heterocycles. The molecule has 6 nitrogen and oxygen atoms in total. The predicted molar refractivity (Wildman–Crippen MR) is 115 cm³/mol. The van der Waals surface area contributed by atoms with Crippen LogP contribution < -0.4 is 20.5 Å². The van der Waals surface area contributed by atoms with Gasteiger partial charge in [0.15, 0.2) is 6.61 Å². The van der Waals surface area contributed by atoms with Gasteiger partial charge in [-0.1, -0.05) is 37.0 Å². The summed E-state index contributed by atoms with van der Waals surface area (Å²) in [7, 11) is 0. The second kappa shape index (κ2) is 11.0. The van der Waals surface area contributed by atoms with Gasteiger partial charge in [-0.25, -0.2) is 0 Å². The second-order valence-corrected chi connectivity index (χ2v) is 6.86. The van der Waals surface area contributed by atoms with Crippen LogP contribution in [0.15, 0.2) is 36.4 Å². The lowest BCUT2D eigenvalue weighted by Gasteiger charge is -2.18. The van der Waals surface area contributed by atoms with E-state index in [9.17, 15) is 4.79 Å². The zero-order chi connectivity index (χ0) is 20.5. The van der Waals surface area contributed by atoms with Crippen LogP contribution in [0.25, 0.3) is 0 Å². The largest absolute Gasteiger partial charge is 0.491 e. The van der Waals surface area contributed by atoms with Gasteiger partial charge in [0.25, 0.3) is 5.91 Å². The van der Waals surface area contributed by atoms with Crippen molar-refractivity contribution in [2.24, 2.45) is 0 Å². The Balaban J connectivity index is 1.85. The Bertz CT molecular complexity index is 798. The maximum atomic E-state index is 12.1. The number of ether oxygens (including phenoxy) is 2. The van der Waals surface area contributed by atoms with E-state index in [4.69, 9.17) is 38.4 Å². The first-order valence-electron chi connectivity index (χ1n) is 9.05. The minimum Gasteiger partial charge on any atom is -0.491 e. The lowest BCUT2D eigenvalue weighted by atomic mass is 10.3. The van der Waals surface area contributed by atoms with Crippen molar-refractivity contribution in [1.29, 1.82) is 0 Å². The van der Waals surface area contributed by atoms with Crippen LogP contribution in [0.4, 0.5) is 11.4 Å². The molecule has 8 heteroatoms. The average molecular weight is 426 g/mol. The zero-order valence-corrected chi connectivity index (χ0v) is 17.5. The topological polar surface area (TPSA) is 76.8 Å². The van der Waals surface area contributed by atoms with Gasteiger partial charge in [-0.15, -0.1) is 0 Å². The second-order valence-electron chi connectivity index (χ2n) is 6.05. The highest BCUT2D eigenvalue weighted by Crippen LogP contribution is 2.28. The number of nitrogens with two attached hydrogens (primary N) is 1. The van der Waals surface area contributed by atoms with E-state index in [1.807, 2.05) is 0 Å². The molecule has 0 aliphatic rings. The number of nitrogens with zero attached hydrogens (tertiary/aromatic N) is 1. The fourth-order valence-electron chi connectivity index (χ4n) is 2.49. The maximum Gasteiger partial charge on any atom is 0.262 e. The van der Waals surface area contributed by atoms with Gasteiger partial charge >= 0.3 is 0 Å². The molecule has 0 aliphatic carbocycles. The highest BCUT2D eigenvalue weighted by atomic mass is 35.5. The van der Waals surface area contributed by atoms with Crippen molar-refractivity contribution in [3.05, 3.63) is 46.4 Å². The Morgan fingerprint density at radius 1 is 1.04 bits per heavy atom. The van der Waals surface area contributed by atoms with Crippen LogP contribution in [0.3, 0.4) is 0 Å². The van der Waals surface area contributed by atoms with Crippen LogP contribution in [0.1, 0.15) is 13.8 Å². The maximum absolute atomic E-state index is 12.1. The number of rotatable bonds is 10. The van der Waals surface area contributed by atoms with Crippen molar-refractivity contribution < 1.29 is 14.3 Å². The number of anilines is 2. The molecule has 0 spiro atoms. The number of benzene rings is 2. The van der Waals surface area contributed by atoms with Gasteiger partial charge < -0.3 is 25.4 Å². The number of hydrogen-bond donors (Lipinski definition) is 2. The molecule has 2 aromatic carbocycles. The molecule has 1 amide bonds. The summed E-state index contributed by atoms with van der Waals surface area (Å²) in [5.74, 6) is 0.636. The monoisotopic (exact) mass is 425 g/mol. The number of hydrogen-bond acceptors (Lipinski definition) is 5. The molecular weight excluding hydrogens is 401 g/mol. The molecule has 0 saturated carbocycles. The van der Waals surface area contributed by atoms with Gasteiger partial charge in [-0.2, -0.15) is 0 Å². The minimum atomic E-state index is -0.334. The Morgan fingerprint density at radius 3 is 2.32 bits per heavy atom.